The lowest BCUT2D eigenvalue weighted by Crippen LogP contribution is -2.17. The number of carbonyl (C=O) groups excluding carboxylic acids is 1. The van der Waals surface area contributed by atoms with E-state index in [4.69, 9.17) is 9.26 Å². The molecule has 1 heterocycles. The molecule has 1 unspecified atom stereocenters. The van der Waals surface area contributed by atoms with Crippen LogP contribution in [0.3, 0.4) is 0 Å². The van der Waals surface area contributed by atoms with Gasteiger partial charge in [0.15, 0.2) is 0 Å². The summed E-state index contributed by atoms with van der Waals surface area (Å²) in [7, 11) is 1.61. The van der Waals surface area contributed by atoms with E-state index in [-0.39, 0.29) is 11.7 Å². The van der Waals surface area contributed by atoms with E-state index in [0.29, 0.717) is 18.1 Å². The van der Waals surface area contributed by atoms with Crippen LogP contribution in [-0.2, 0) is 4.79 Å². The van der Waals surface area contributed by atoms with Gasteiger partial charge in [-0.1, -0.05) is 23.7 Å². The highest BCUT2D eigenvalue weighted by Gasteiger charge is 2.29. The van der Waals surface area contributed by atoms with Crippen LogP contribution in [0.15, 0.2) is 28.8 Å². The van der Waals surface area contributed by atoms with Crippen LogP contribution < -0.4 is 4.74 Å². The number of methoxy groups -OCH3 is 1. The second-order valence-electron chi connectivity index (χ2n) is 4.95. The average molecular weight is 272 g/mol. The minimum atomic E-state index is -0.226. The Morgan fingerprint density at radius 2 is 2.25 bits per heavy atom. The maximum Gasteiger partial charge on any atom is 0.237 e. The van der Waals surface area contributed by atoms with Gasteiger partial charge in [-0.15, -0.1) is 0 Å². The zero-order valence-corrected chi connectivity index (χ0v) is 11.3. The van der Waals surface area contributed by atoms with Gasteiger partial charge in [0.05, 0.1) is 13.0 Å². The van der Waals surface area contributed by atoms with Crippen LogP contribution in [0.25, 0.3) is 11.4 Å². The van der Waals surface area contributed by atoms with E-state index in [1.807, 2.05) is 24.3 Å². The summed E-state index contributed by atoms with van der Waals surface area (Å²) in [6.45, 7) is 0. The third kappa shape index (κ3) is 2.43. The van der Waals surface area contributed by atoms with E-state index in [2.05, 4.69) is 10.1 Å². The first-order valence-corrected chi connectivity index (χ1v) is 6.78. The molecule has 0 N–H and O–H groups in total. The normalized spacial score (nSPS) is 19.1. The SMILES string of the molecule is COc1cccc(-c2noc(C3CCCCC3=O)n2)c1. The molecule has 3 rings (SSSR count). The quantitative estimate of drug-likeness (QED) is 0.859. The molecule has 0 aliphatic heterocycles. The number of ether oxygens (including phenoxy) is 1. The van der Waals surface area contributed by atoms with Crippen LogP contribution in [0.4, 0.5) is 0 Å². The number of aromatic nitrogens is 2. The van der Waals surface area contributed by atoms with Crippen molar-refractivity contribution in [1.29, 1.82) is 0 Å². The molecule has 1 aromatic carbocycles. The number of nitrogens with zero attached hydrogens (tertiary/aromatic N) is 2. The Balaban J connectivity index is 1.87. The molecule has 1 fully saturated rings. The molecule has 1 aliphatic carbocycles. The topological polar surface area (TPSA) is 65.2 Å². The number of hydrogen-bond acceptors (Lipinski definition) is 5. The lowest BCUT2D eigenvalue weighted by Gasteiger charge is -2.16. The van der Waals surface area contributed by atoms with Crippen LogP contribution in [0.5, 0.6) is 5.75 Å². The van der Waals surface area contributed by atoms with Gasteiger partial charge >= 0.3 is 0 Å². The molecule has 104 valence electrons. The summed E-state index contributed by atoms with van der Waals surface area (Å²) < 4.78 is 10.5. The molecule has 1 aromatic heterocycles. The lowest BCUT2D eigenvalue weighted by atomic mass is 9.88. The summed E-state index contributed by atoms with van der Waals surface area (Å²) in [4.78, 5) is 16.3. The van der Waals surface area contributed by atoms with E-state index in [1.165, 1.54) is 0 Å². The summed E-state index contributed by atoms with van der Waals surface area (Å²) in [5, 5.41) is 3.98. The van der Waals surface area contributed by atoms with Crippen molar-refractivity contribution in [2.45, 2.75) is 31.6 Å². The molecular weight excluding hydrogens is 256 g/mol. The lowest BCUT2D eigenvalue weighted by molar-refractivity contribution is -0.122. The van der Waals surface area contributed by atoms with Crippen molar-refractivity contribution in [2.75, 3.05) is 7.11 Å². The van der Waals surface area contributed by atoms with Crippen LogP contribution >= 0.6 is 0 Å². The smallest absolute Gasteiger partial charge is 0.237 e. The summed E-state index contributed by atoms with van der Waals surface area (Å²) in [5.41, 5.74) is 0.822. The Morgan fingerprint density at radius 1 is 1.35 bits per heavy atom. The van der Waals surface area contributed by atoms with Gasteiger partial charge < -0.3 is 9.26 Å². The molecule has 0 radical (unpaired) electrons. The van der Waals surface area contributed by atoms with Crippen molar-refractivity contribution in [2.24, 2.45) is 0 Å². The number of carbonyl (C=O) groups is 1. The van der Waals surface area contributed by atoms with Gasteiger partial charge in [0.2, 0.25) is 11.7 Å². The van der Waals surface area contributed by atoms with Crippen LogP contribution in [0.1, 0.15) is 37.5 Å². The van der Waals surface area contributed by atoms with E-state index in [9.17, 15) is 4.79 Å². The first-order chi connectivity index (χ1) is 9.78. The van der Waals surface area contributed by atoms with Crippen LogP contribution in [0.2, 0.25) is 0 Å². The minimum absolute atomic E-state index is 0.206. The fourth-order valence-electron chi connectivity index (χ4n) is 2.50. The fraction of sp³-hybridized carbons (Fsp3) is 0.400. The number of benzene rings is 1. The van der Waals surface area contributed by atoms with E-state index >= 15 is 0 Å². The predicted octanol–water partition coefficient (Wildman–Crippen LogP) is 2.97. The maximum absolute atomic E-state index is 11.9. The molecular formula is C15H16N2O3. The zero-order chi connectivity index (χ0) is 13.9. The van der Waals surface area contributed by atoms with Crippen LogP contribution in [-0.4, -0.2) is 23.0 Å². The largest absolute Gasteiger partial charge is 0.497 e. The summed E-state index contributed by atoms with van der Waals surface area (Å²) in [6.07, 6.45) is 3.42. The van der Waals surface area contributed by atoms with Gasteiger partial charge in [-0.2, -0.15) is 4.98 Å². The monoisotopic (exact) mass is 272 g/mol. The highest BCUT2D eigenvalue weighted by Crippen LogP contribution is 2.30. The molecule has 0 amide bonds. The van der Waals surface area contributed by atoms with Crippen molar-refractivity contribution < 1.29 is 14.1 Å². The van der Waals surface area contributed by atoms with E-state index in [1.54, 1.807) is 7.11 Å². The van der Waals surface area contributed by atoms with E-state index in [0.717, 1.165) is 30.6 Å². The van der Waals surface area contributed by atoms with Gasteiger partial charge in [0.25, 0.3) is 0 Å². The van der Waals surface area contributed by atoms with Gasteiger partial charge in [-0.05, 0) is 25.0 Å². The highest BCUT2D eigenvalue weighted by molar-refractivity contribution is 5.85. The number of hydrogen-bond donors (Lipinski definition) is 0. The molecule has 1 aliphatic rings. The van der Waals surface area contributed by atoms with Crippen molar-refractivity contribution in [1.82, 2.24) is 10.1 Å². The summed E-state index contributed by atoms with van der Waals surface area (Å²) in [5.74, 6) is 1.65. The Kier molecular flexibility index (Phi) is 3.50. The second-order valence-corrected chi connectivity index (χ2v) is 4.95. The molecule has 2 aromatic rings. The molecule has 0 bridgehead atoms. The minimum Gasteiger partial charge on any atom is -0.497 e. The average Bonchev–Trinajstić information content (AvgIpc) is 2.97. The predicted molar refractivity (Wildman–Crippen MR) is 72.5 cm³/mol. The van der Waals surface area contributed by atoms with Gasteiger partial charge in [-0.3, -0.25) is 4.79 Å². The van der Waals surface area contributed by atoms with Gasteiger partial charge in [0, 0.05) is 12.0 Å². The Bertz CT molecular complexity index is 621. The third-order valence-electron chi connectivity index (χ3n) is 3.62. The first kappa shape index (κ1) is 12.8. The third-order valence-corrected chi connectivity index (χ3v) is 3.62. The van der Waals surface area contributed by atoms with E-state index < -0.39 is 0 Å². The molecule has 0 spiro atoms. The Morgan fingerprint density at radius 3 is 3.05 bits per heavy atom. The molecule has 5 nitrogen and oxygen atoms in total. The van der Waals surface area contributed by atoms with Crippen molar-refractivity contribution in [3.05, 3.63) is 30.2 Å². The standard InChI is InChI=1S/C15H16N2O3/c1-19-11-6-4-5-10(9-11)14-16-15(20-17-14)12-7-2-3-8-13(12)18/h4-6,9,12H,2-3,7-8H2,1H3. The van der Waals surface area contributed by atoms with Gasteiger partial charge in [0.1, 0.15) is 11.5 Å². The van der Waals surface area contributed by atoms with Crippen molar-refractivity contribution in [3.63, 3.8) is 0 Å². The maximum atomic E-state index is 11.9. The number of rotatable bonds is 3. The molecule has 1 saturated carbocycles. The highest BCUT2D eigenvalue weighted by atomic mass is 16.5. The second kappa shape index (κ2) is 5.45. The fourth-order valence-corrected chi connectivity index (χ4v) is 2.50. The number of ketones is 1. The van der Waals surface area contributed by atoms with Crippen LogP contribution in [0, 0.1) is 0 Å². The molecule has 0 saturated heterocycles. The molecule has 1 atom stereocenters. The Hall–Kier alpha value is -2.17. The first-order valence-electron chi connectivity index (χ1n) is 6.78. The summed E-state index contributed by atoms with van der Waals surface area (Å²) in [6, 6.07) is 7.46. The zero-order valence-electron chi connectivity index (χ0n) is 11.3. The van der Waals surface area contributed by atoms with Crippen molar-refractivity contribution in [3.8, 4) is 17.1 Å². The van der Waals surface area contributed by atoms with Crippen molar-refractivity contribution >= 4 is 5.78 Å². The number of Topliss-reactive ketones (excluding diaryl/α,β-unsaturated/α-hetero) is 1. The summed E-state index contributed by atoms with van der Waals surface area (Å²) >= 11 is 0. The molecule has 5 heteroatoms. The van der Waals surface area contributed by atoms with Gasteiger partial charge in [-0.25, -0.2) is 0 Å². The Labute approximate surface area is 116 Å². The molecule has 20 heavy (non-hydrogen) atoms.